The Labute approximate surface area is 201 Å². The fraction of sp³-hybridized carbons (Fsp3) is 0.500. The van der Waals surface area contributed by atoms with Crippen LogP contribution in [0.4, 0.5) is 19.7 Å². The maximum Gasteiger partial charge on any atom is 0.334 e. The number of urea groups is 2. The van der Waals surface area contributed by atoms with Crippen molar-refractivity contribution < 1.29 is 33.0 Å². The summed E-state index contributed by atoms with van der Waals surface area (Å²) in [4.78, 5) is 52.7. The fourth-order valence-corrected chi connectivity index (χ4v) is 3.37. The van der Waals surface area contributed by atoms with Crippen molar-refractivity contribution in [2.24, 2.45) is 5.92 Å². The molecule has 2 rings (SSSR count). The molecule has 1 aliphatic heterocycles. The van der Waals surface area contributed by atoms with Crippen LogP contribution < -0.4 is 15.0 Å². The third-order valence-corrected chi connectivity index (χ3v) is 6.00. The van der Waals surface area contributed by atoms with Gasteiger partial charge in [-0.2, -0.15) is 0 Å². The second kappa shape index (κ2) is 10.5. The molecule has 1 N–H and O–H groups in total. The van der Waals surface area contributed by atoms with E-state index in [1.165, 1.54) is 28.1 Å². The molecule has 0 bridgehead atoms. The Morgan fingerprint density at radius 3 is 2.18 bits per heavy atom. The van der Waals surface area contributed by atoms with Gasteiger partial charge in [0, 0.05) is 20.2 Å². The van der Waals surface area contributed by atoms with Crippen molar-refractivity contribution in [3.8, 4) is 5.75 Å². The molecular weight excluding hydrogens is 479 g/mol. The zero-order valence-corrected chi connectivity index (χ0v) is 20.6. The van der Waals surface area contributed by atoms with Crippen LogP contribution in [0.1, 0.15) is 20.8 Å². The minimum absolute atomic E-state index is 0.145. The minimum Gasteiger partial charge on any atom is -0.479 e. The number of halogens is 2. The molecule has 33 heavy (non-hydrogen) atoms. The van der Waals surface area contributed by atoms with E-state index in [9.17, 15) is 23.6 Å². The molecule has 1 fully saturated rings. The van der Waals surface area contributed by atoms with E-state index in [0.29, 0.717) is 4.90 Å². The van der Waals surface area contributed by atoms with Crippen molar-refractivity contribution in [2.45, 2.75) is 38.4 Å². The third kappa shape index (κ3) is 5.44. The number of benzene rings is 1. The highest BCUT2D eigenvalue weighted by Gasteiger charge is 2.41. The first-order valence-electron chi connectivity index (χ1n) is 9.87. The molecule has 1 aromatic rings. The second-order valence-corrected chi connectivity index (χ2v) is 8.59. The standard InChI is InChI=1S/C20H26ClFN4O6S/c1-9(2)15(17(28)31-6)23-16(27)10(3)32-14-8-13(12(22)7-11(14)21)26-18(29)24(4)20(33)25(5)19(26)30/h7-10,15,20,33H,1-6H3,(H,23,27)/t10?,15-/m0/s1. The van der Waals surface area contributed by atoms with E-state index >= 15 is 0 Å². The Morgan fingerprint density at radius 1 is 1.15 bits per heavy atom. The summed E-state index contributed by atoms with van der Waals surface area (Å²) < 4.78 is 25.0. The lowest BCUT2D eigenvalue weighted by molar-refractivity contribution is -0.147. The molecule has 1 heterocycles. The number of hydrogen-bond acceptors (Lipinski definition) is 7. The maximum absolute atomic E-state index is 14.7. The smallest absolute Gasteiger partial charge is 0.334 e. The number of amides is 5. The van der Waals surface area contributed by atoms with Crippen molar-refractivity contribution in [3.05, 3.63) is 23.0 Å². The van der Waals surface area contributed by atoms with Crippen molar-refractivity contribution in [3.63, 3.8) is 0 Å². The number of hydrogen-bond donors (Lipinski definition) is 2. The number of thiol groups is 1. The van der Waals surface area contributed by atoms with E-state index in [0.717, 1.165) is 21.9 Å². The first kappa shape index (κ1) is 26.5. The van der Waals surface area contributed by atoms with Gasteiger partial charge in [0.05, 0.1) is 17.8 Å². The molecule has 1 aromatic carbocycles. The summed E-state index contributed by atoms with van der Waals surface area (Å²) in [6, 6.07) is -0.604. The van der Waals surface area contributed by atoms with Crippen LogP contribution in [-0.2, 0) is 14.3 Å². The number of imide groups is 1. The Balaban J connectivity index is 2.31. The summed E-state index contributed by atoms with van der Waals surface area (Å²) in [5.41, 5.74) is -1.25. The summed E-state index contributed by atoms with van der Waals surface area (Å²) >= 11 is 10.3. The van der Waals surface area contributed by atoms with Crippen LogP contribution >= 0.6 is 24.2 Å². The summed E-state index contributed by atoms with van der Waals surface area (Å²) in [7, 11) is 4.01. The van der Waals surface area contributed by atoms with Crippen LogP contribution in [0.25, 0.3) is 0 Å². The molecule has 0 spiro atoms. The highest BCUT2D eigenvalue weighted by molar-refractivity contribution is 7.80. The van der Waals surface area contributed by atoms with Crippen molar-refractivity contribution in [2.75, 3.05) is 26.1 Å². The van der Waals surface area contributed by atoms with Gasteiger partial charge in [-0.3, -0.25) is 14.6 Å². The van der Waals surface area contributed by atoms with Gasteiger partial charge in [0.25, 0.3) is 5.91 Å². The zero-order chi connectivity index (χ0) is 25.2. The van der Waals surface area contributed by atoms with E-state index in [2.05, 4.69) is 17.9 Å². The largest absolute Gasteiger partial charge is 0.479 e. The van der Waals surface area contributed by atoms with Gasteiger partial charge in [-0.05, 0) is 18.9 Å². The molecule has 1 unspecified atom stereocenters. The molecule has 0 aliphatic carbocycles. The summed E-state index contributed by atoms with van der Waals surface area (Å²) in [6.07, 6.45) is -1.16. The Hall–Kier alpha value is -2.73. The molecule has 182 valence electrons. The number of methoxy groups -OCH3 is 1. The third-order valence-electron chi connectivity index (χ3n) is 5.01. The Bertz CT molecular complexity index is 943. The van der Waals surface area contributed by atoms with Crippen LogP contribution in [0.5, 0.6) is 5.75 Å². The number of ether oxygens (including phenoxy) is 2. The first-order chi connectivity index (χ1) is 15.3. The molecule has 1 saturated heterocycles. The van der Waals surface area contributed by atoms with Crippen molar-refractivity contribution >= 4 is 53.9 Å². The number of nitrogens with one attached hydrogen (secondary N) is 1. The average Bonchev–Trinajstić information content (AvgIpc) is 2.76. The van der Waals surface area contributed by atoms with E-state index < -0.39 is 53.1 Å². The number of rotatable bonds is 7. The quantitative estimate of drug-likeness (QED) is 0.436. The molecule has 0 radical (unpaired) electrons. The van der Waals surface area contributed by atoms with Gasteiger partial charge in [0.1, 0.15) is 17.6 Å². The highest BCUT2D eigenvalue weighted by atomic mass is 35.5. The monoisotopic (exact) mass is 504 g/mol. The number of carbonyl (C=O) groups is 4. The van der Waals surface area contributed by atoms with Gasteiger partial charge >= 0.3 is 18.0 Å². The van der Waals surface area contributed by atoms with Gasteiger partial charge in [0.2, 0.25) is 0 Å². The highest BCUT2D eigenvalue weighted by Crippen LogP contribution is 2.35. The molecule has 10 nitrogen and oxygen atoms in total. The van der Waals surface area contributed by atoms with E-state index in [4.69, 9.17) is 21.1 Å². The SMILES string of the molecule is COC(=O)[C@@H](NC(=O)C(C)Oc1cc(N2C(=O)N(C)C(S)N(C)C2=O)c(F)cc1Cl)C(C)C. The second-order valence-electron chi connectivity index (χ2n) is 7.72. The van der Waals surface area contributed by atoms with Gasteiger partial charge < -0.3 is 14.8 Å². The molecular formula is C20H26ClFN4O6S. The molecule has 2 atom stereocenters. The molecule has 0 aromatic heterocycles. The maximum atomic E-state index is 14.7. The van der Waals surface area contributed by atoms with Crippen LogP contribution in [0.2, 0.25) is 5.02 Å². The Morgan fingerprint density at radius 2 is 1.70 bits per heavy atom. The predicted octanol–water partition coefficient (Wildman–Crippen LogP) is 2.70. The minimum atomic E-state index is -1.16. The Kier molecular flexibility index (Phi) is 8.41. The molecule has 1 aliphatic rings. The van der Waals surface area contributed by atoms with Gasteiger partial charge in [-0.15, -0.1) is 12.6 Å². The number of nitrogens with zero attached hydrogens (tertiary/aromatic N) is 3. The zero-order valence-electron chi connectivity index (χ0n) is 19.0. The van der Waals surface area contributed by atoms with Gasteiger partial charge in [0.15, 0.2) is 11.6 Å². The van der Waals surface area contributed by atoms with Crippen LogP contribution in [0.3, 0.4) is 0 Å². The molecule has 5 amide bonds. The normalized spacial score (nSPS) is 16.7. The van der Waals surface area contributed by atoms with Gasteiger partial charge in [-0.1, -0.05) is 25.4 Å². The fourth-order valence-electron chi connectivity index (χ4n) is 2.98. The summed E-state index contributed by atoms with van der Waals surface area (Å²) in [5, 5.41) is 2.35. The first-order valence-corrected chi connectivity index (χ1v) is 10.8. The van der Waals surface area contributed by atoms with Crippen LogP contribution in [0.15, 0.2) is 12.1 Å². The van der Waals surface area contributed by atoms with E-state index in [-0.39, 0.29) is 16.7 Å². The average molecular weight is 505 g/mol. The lowest BCUT2D eigenvalue weighted by atomic mass is 10.0. The van der Waals surface area contributed by atoms with E-state index in [1.54, 1.807) is 13.8 Å². The number of esters is 1. The number of anilines is 1. The number of carbonyl (C=O) groups excluding carboxylic acids is 4. The van der Waals surface area contributed by atoms with Crippen LogP contribution in [0, 0.1) is 11.7 Å². The lowest BCUT2D eigenvalue weighted by Gasteiger charge is -2.41. The van der Waals surface area contributed by atoms with Gasteiger partial charge in [-0.25, -0.2) is 23.7 Å². The predicted molar refractivity (Wildman–Crippen MR) is 122 cm³/mol. The van der Waals surface area contributed by atoms with Crippen LogP contribution in [-0.4, -0.2) is 72.6 Å². The summed E-state index contributed by atoms with van der Waals surface area (Å²) in [5.74, 6) is -2.62. The van der Waals surface area contributed by atoms with Crippen molar-refractivity contribution in [1.82, 2.24) is 15.1 Å². The van der Waals surface area contributed by atoms with E-state index in [1.807, 2.05) is 0 Å². The van der Waals surface area contributed by atoms with Crippen molar-refractivity contribution in [1.29, 1.82) is 0 Å². The molecule has 0 saturated carbocycles. The summed E-state index contributed by atoms with van der Waals surface area (Å²) in [6.45, 7) is 4.85. The topological polar surface area (TPSA) is 108 Å². The lowest BCUT2D eigenvalue weighted by Crippen LogP contribution is -2.62. The molecule has 13 heteroatoms.